The van der Waals surface area contributed by atoms with Crippen molar-refractivity contribution < 1.29 is 9.53 Å². The molecule has 0 saturated heterocycles. The van der Waals surface area contributed by atoms with Gasteiger partial charge in [0.25, 0.3) is 0 Å². The second-order valence-electron chi connectivity index (χ2n) is 6.37. The van der Waals surface area contributed by atoms with Crippen LogP contribution in [0.15, 0.2) is 82.4 Å². The minimum Gasteiger partial charge on any atom is -0.489 e. The van der Waals surface area contributed by atoms with Crippen LogP contribution in [0.25, 0.3) is 0 Å². The summed E-state index contributed by atoms with van der Waals surface area (Å²) < 4.78 is 6.79. The van der Waals surface area contributed by atoms with Crippen LogP contribution in [-0.4, -0.2) is 17.9 Å². The smallest absolute Gasteiger partial charge is 0.250 e. The maximum absolute atomic E-state index is 11.9. The van der Waals surface area contributed by atoms with Gasteiger partial charge in [0.15, 0.2) is 0 Å². The number of halogens is 2. The maximum atomic E-state index is 11.9. The van der Waals surface area contributed by atoms with E-state index in [-0.39, 0.29) is 5.91 Å². The summed E-state index contributed by atoms with van der Waals surface area (Å²) >= 11 is 11.1. The van der Waals surface area contributed by atoms with Crippen LogP contribution in [0.3, 0.4) is 0 Å². The molecule has 0 spiro atoms. The molecule has 7 heteroatoms. The van der Waals surface area contributed by atoms with Crippen LogP contribution >= 0.6 is 39.3 Å². The Morgan fingerprint density at radius 2 is 1.90 bits per heavy atom. The lowest BCUT2D eigenvalue weighted by Crippen LogP contribution is -2.19. The number of nitrogens with zero attached hydrogens (tertiary/aromatic N) is 1. The summed E-state index contributed by atoms with van der Waals surface area (Å²) in [7, 11) is 0. The topological polar surface area (TPSA) is 50.7 Å². The van der Waals surface area contributed by atoms with Gasteiger partial charge in [-0.15, -0.1) is 11.8 Å². The van der Waals surface area contributed by atoms with Gasteiger partial charge in [0.2, 0.25) is 5.91 Å². The average Bonchev–Trinajstić information content (AvgIpc) is 2.74. The summed E-state index contributed by atoms with van der Waals surface area (Å²) in [6.07, 6.45) is 1.61. The van der Waals surface area contributed by atoms with E-state index in [0.717, 1.165) is 27.1 Å². The maximum Gasteiger partial charge on any atom is 0.250 e. The summed E-state index contributed by atoms with van der Waals surface area (Å²) in [5.41, 5.74) is 5.52. The molecule has 0 heterocycles. The van der Waals surface area contributed by atoms with Crippen LogP contribution < -0.4 is 10.2 Å². The Bertz CT molecular complexity index is 1010. The fourth-order valence-corrected chi connectivity index (χ4v) is 3.93. The van der Waals surface area contributed by atoms with Crippen molar-refractivity contribution in [3.05, 3.63) is 99.0 Å². The first-order valence-corrected chi connectivity index (χ1v) is 11.5. The number of thioether (sulfide) groups is 1. The molecule has 0 unspecified atom stereocenters. The van der Waals surface area contributed by atoms with Gasteiger partial charge in [0.05, 0.1) is 12.0 Å². The van der Waals surface area contributed by atoms with Crippen LogP contribution in [-0.2, 0) is 17.2 Å². The number of rotatable bonds is 9. The number of carbonyl (C=O) groups excluding carboxylic acids is 1. The van der Waals surface area contributed by atoms with Crippen LogP contribution in [0.1, 0.15) is 16.7 Å². The van der Waals surface area contributed by atoms with E-state index in [1.165, 1.54) is 5.56 Å². The van der Waals surface area contributed by atoms with E-state index >= 15 is 0 Å². The third-order valence-electron chi connectivity index (χ3n) is 4.03. The lowest BCUT2D eigenvalue weighted by Gasteiger charge is -2.07. The van der Waals surface area contributed by atoms with Crippen LogP contribution in [0.4, 0.5) is 0 Å². The monoisotopic (exact) mass is 502 g/mol. The lowest BCUT2D eigenvalue weighted by atomic mass is 10.2. The molecule has 0 aliphatic rings. The third kappa shape index (κ3) is 7.52. The van der Waals surface area contributed by atoms with Crippen molar-refractivity contribution in [3.63, 3.8) is 0 Å². The van der Waals surface area contributed by atoms with Gasteiger partial charge in [-0.1, -0.05) is 57.9 Å². The Balaban J connectivity index is 1.39. The van der Waals surface area contributed by atoms with E-state index in [1.54, 1.807) is 18.0 Å². The first-order valence-electron chi connectivity index (χ1n) is 9.20. The molecular weight excluding hydrogens is 484 g/mol. The molecule has 3 aromatic rings. The largest absolute Gasteiger partial charge is 0.489 e. The number of amides is 1. The molecule has 3 aromatic carbocycles. The van der Waals surface area contributed by atoms with Gasteiger partial charge in [-0.25, -0.2) is 5.43 Å². The highest BCUT2D eigenvalue weighted by atomic mass is 79.9. The van der Waals surface area contributed by atoms with Gasteiger partial charge in [-0.2, -0.15) is 5.10 Å². The van der Waals surface area contributed by atoms with Crippen molar-refractivity contribution in [2.75, 3.05) is 5.75 Å². The Morgan fingerprint density at radius 1 is 1.10 bits per heavy atom. The van der Waals surface area contributed by atoms with E-state index in [0.29, 0.717) is 17.4 Å². The molecule has 3 rings (SSSR count). The number of hydrazone groups is 1. The summed E-state index contributed by atoms with van der Waals surface area (Å²) in [6.45, 7) is 0.404. The first kappa shape index (κ1) is 22.4. The summed E-state index contributed by atoms with van der Waals surface area (Å²) in [6, 6.07) is 23.1. The predicted molar refractivity (Wildman–Crippen MR) is 128 cm³/mol. The number of hydrogen-bond acceptors (Lipinski definition) is 4. The SMILES string of the molecule is O=C(CSCc1cccc(Br)c1)NN=Cc1ccc(OCc2ccccc2Cl)cc1. The van der Waals surface area contributed by atoms with Gasteiger partial charge >= 0.3 is 0 Å². The zero-order chi connectivity index (χ0) is 21.2. The van der Waals surface area contributed by atoms with E-state index in [1.807, 2.05) is 72.8 Å². The number of hydrogen-bond donors (Lipinski definition) is 1. The van der Waals surface area contributed by atoms with Crippen molar-refractivity contribution in [1.29, 1.82) is 0 Å². The molecule has 0 aliphatic heterocycles. The van der Waals surface area contributed by atoms with Gasteiger partial charge in [0.1, 0.15) is 12.4 Å². The molecular formula is C23H20BrClN2O2S. The minimum atomic E-state index is -0.133. The Morgan fingerprint density at radius 3 is 2.67 bits per heavy atom. The molecule has 154 valence electrons. The Kier molecular flexibility index (Phi) is 8.81. The molecule has 1 amide bonds. The van der Waals surface area contributed by atoms with Gasteiger partial charge < -0.3 is 4.74 Å². The zero-order valence-electron chi connectivity index (χ0n) is 16.1. The van der Waals surface area contributed by atoms with Crippen molar-refractivity contribution >= 4 is 51.4 Å². The predicted octanol–water partition coefficient (Wildman–Crippen LogP) is 6.07. The second-order valence-corrected chi connectivity index (χ2v) is 8.67. The highest BCUT2D eigenvalue weighted by Crippen LogP contribution is 2.19. The van der Waals surface area contributed by atoms with E-state index in [9.17, 15) is 4.79 Å². The molecule has 0 atom stereocenters. The quantitative estimate of drug-likeness (QED) is 0.285. The Labute approximate surface area is 193 Å². The first-order chi connectivity index (χ1) is 14.6. The van der Waals surface area contributed by atoms with Crippen molar-refractivity contribution in [1.82, 2.24) is 5.43 Å². The molecule has 0 radical (unpaired) electrons. The minimum absolute atomic E-state index is 0.133. The molecule has 0 aliphatic carbocycles. The lowest BCUT2D eigenvalue weighted by molar-refractivity contribution is -0.118. The van der Waals surface area contributed by atoms with Crippen molar-refractivity contribution in [2.24, 2.45) is 5.10 Å². The standard InChI is InChI=1S/C23H20BrClN2O2S/c24-20-6-3-4-18(12-20)15-30-16-23(28)27-26-13-17-8-10-21(11-9-17)29-14-19-5-1-2-7-22(19)25/h1-13H,14-16H2,(H,27,28). The number of carbonyl (C=O) groups is 1. The molecule has 1 N–H and O–H groups in total. The molecule has 4 nitrogen and oxygen atoms in total. The van der Waals surface area contributed by atoms with Crippen LogP contribution in [0.2, 0.25) is 5.02 Å². The second kappa shape index (κ2) is 11.8. The molecule has 0 fully saturated rings. The van der Waals surface area contributed by atoms with Crippen molar-refractivity contribution in [3.8, 4) is 5.75 Å². The normalized spacial score (nSPS) is 10.9. The van der Waals surface area contributed by atoms with Gasteiger partial charge in [-0.05, 0) is 53.6 Å². The van der Waals surface area contributed by atoms with Crippen LogP contribution in [0.5, 0.6) is 5.75 Å². The highest BCUT2D eigenvalue weighted by Gasteiger charge is 2.02. The van der Waals surface area contributed by atoms with E-state index in [4.69, 9.17) is 16.3 Å². The van der Waals surface area contributed by atoms with Crippen LogP contribution in [0, 0.1) is 0 Å². The highest BCUT2D eigenvalue weighted by molar-refractivity contribution is 9.10. The summed E-state index contributed by atoms with van der Waals surface area (Å²) in [5.74, 6) is 1.72. The number of nitrogens with one attached hydrogen (secondary N) is 1. The van der Waals surface area contributed by atoms with Gasteiger partial charge in [0, 0.05) is 20.8 Å². The molecule has 0 aromatic heterocycles. The van der Waals surface area contributed by atoms with Crippen molar-refractivity contribution in [2.45, 2.75) is 12.4 Å². The van der Waals surface area contributed by atoms with E-state index < -0.39 is 0 Å². The Hall–Kier alpha value is -2.28. The number of benzene rings is 3. The summed E-state index contributed by atoms with van der Waals surface area (Å²) in [5, 5.41) is 4.70. The fraction of sp³-hybridized carbons (Fsp3) is 0.130. The number of ether oxygens (including phenoxy) is 1. The van der Waals surface area contributed by atoms with E-state index in [2.05, 4.69) is 26.5 Å². The summed E-state index contributed by atoms with van der Waals surface area (Å²) in [4.78, 5) is 11.9. The molecule has 30 heavy (non-hydrogen) atoms. The third-order valence-corrected chi connectivity index (χ3v) is 5.89. The average molecular weight is 504 g/mol. The molecule has 0 bridgehead atoms. The van der Waals surface area contributed by atoms with Gasteiger partial charge in [-0.3, -0.25) is 4.79 Å². The fourth-order valence-electron chi connectivity index (χ4n) is 2.53. The molecule has 0 saturated carbocycles. The zero-order valence-corrected chi connectivity index (χ0v) is 19.2.